The summed E-state index contributed by atoms with van der Waals surface area (Å²) in [5, 5.41) is 0. The zero-order valence-electron chi connectivity index (χ0n) is 17.0. The summed E-state index contributed by atoms with van der Waals surface area (Å²) in [5.41, 5.74) is 1.75. The largest absolute Gasteiger partial charge is 0.493 e. The van der Waals surface area contributed by atoms with Gasteiger partial charge >= 0.3 is 5.97 Å². The molecular weight excluding hydrogens is 380 g/mol. The number of hydrogen-bond donors (Lipinski definition) is 0. The van der Waals surface area contributed by atoms with E-state index < -0.39 is 5.97 Å². The van der Waals surface area contributed by atoms with Crippen molar-refractivity contribution < 1.29 is 23.7 Å². The van der Waals surface area contributed by atoms with Gasteiger partial charge in [0.1, 0.15) is 18.1 Å². The summed E-state index contributed by atoms with van der Waals surface area (Å²) in [6.07, 6.45) is 3.89. The fourth-order valence-electron chi connectivity index (χ4n) is 2.77. The van der Waals surface area contributed by atoms with E-state index in [1.807, 2.05) is 85.8 Å². The third-order valence-electron chi connectivity index (χ3n) is 4.22. The first kappa shape index (κ1) is 21.0. The van der Waals surface area contributed by atoms with Crippen LogP contribution < -0.4 is 14.2 Å². The Hall–Kier alpha value is -3.73. The van der Waals surface area contributed by atoms with E-state index in [-0.39, 0.29) is 13.2 Å². The predicted molar refractivity (Wildman–Crippen MR) is 116 cm³/mol. The van der Waals surface area contributed by atoms with Gasteiger partial charge in [0.15, 0.2) is 18.1 Å². The molecule has 30 heavy (non-hydrogen) atoms. The summed E-state index contributed by atoms with van der Waals surface area (Å²) in [5.74, 6) is 1.91. The Morgan fingerprint density at radius 3 is 2.43 bits per heavy atom. The zero-order valence-corrected chi connectivity index (χ0v) is 17.0. The Morgan fingerprint density at radius 2 is 1.67 bits per heavy atom. The van der Waals surface area contributed by atoms with Crippen molar-refractivity contribution in [2.75, 3.05) is 13.7 Å². The van der Waals surface area contributed by atoms with Crippen LogP contribution in [0.1, 0.15) is 18.1 Å². The van der Waals surface area contributed by atoms with E-state index in [0.717, 1.165) is 11.1 Å². The summed E-state index contributed by atoms with van der Waals surface area (Å²) in [6, 6.07) is 22.4. The molecule has 0 aliphatic heterocycles. The molecule has 0 atom stereocenters. The summed E-state index contributed by atoms with van der Waals surface area (Å²) in [6.45, 7) is 1.81. The lowest BCUT2D eigenvalue weighted by atomic mass is 10.2. The summed E-state index contributed by atoms with van der Waals surface area (Å²) >= 11 is 0. The van der Waals surface area contributed by atoms with Gasteiger partial charge in [-0.05, 0) is 42.8 Å². The molecule has 0 unspecified atom stereocenters. The van der Waals surface area contributed by atoms with Gasteiger partial charge in [-0.15, -0.1) is 0 Å². The molecule has 0 N–H and O–H groups in total. The Morgan fingerprint density at radius 1 is 0.900 bits per heavy atom. The second-order valence-corrected chi connectivity index (χ2v) is 6.38. The molecule has 0 radical (unpaired) electrons. The van der Waals surface area contributed by atoms with Crippen molar-refractivity contribution in [2.45, 2.75) is 13.5 Å². The quantitative estimate of drug-likeness (QED) is 0.432. The third kappa shape index (κ3) is 5.88. The van der Waals surface area contributed by atoms with Gasteiger partial charge < -0.3 is 18.9 Å². The van der Waals surface area contributed by atoms with E-state index in [9.17, 15) is 4.79 Å². The van der Waals surface area contributed by atoms with Crippen LogP contribution in [-0.4, -0.2) is 19.7 Å². The Labute approximate surface area is 176 Å². The number of allylic oxidation sites excluding steroid dienone is 1. The van der Waals surface area contributed by atoms with Crippen molar-refractivity contribution in [1.29, 1.82) is 0 Å². The van der Waals surface area contributed by atoms with Gasteiger partial charge in [-0.25, -0.2) is 4.79 Å². The van der Waals surface area contributed by atoms with E-state index in [1.54, 1.807) is 13.2 Å². The maximum absolute atomic E-state index is 12.2. The van der Waals surface area contributed by atoms with Crippen LogP contribution in [0.4, 0.5) is 0 Å². The number of carbonyl (C=O) groups is 1. The Kier molecular flexibility index (Phi) is 7.50. The van der Waals surface area contributed by atoms with E-state index in [0.29, 0.717) is 23.0 Å². The standard InChI is InChI=1S/C25H24O5/c1-3-9-19-14-15-23(24(16-19)27-2)28-18-25(26)29-17-20-10-7-8-13-22(20)30-21-11-5-4-6-12-21/h3-16H,17-18H2,1-2H3/b9-3+. The normalized spacial score (nSPS) is 10.6. The monoisotopic (exact) mass is 404 g/mol. The van der Waals surface area contributed by atoms with Crippen LogP contribution in [-0.2, 0) is 16.1 Å². The lowest BCUT2D eigenvalue weighted by Crippen LogP contribution is -2.15. The van der Waals surface area contributed by atoms with Crippen molar-refractivity contribution >= 4 is 12.0 Å². The van der Waals surface area contributed by atoms with Crippen molar-refractivity contribution in [2.24, 2.45) is 0 Å². The lowest BCUT2D eigenvalue weighted by Gasteiger charge is -2.13. The van der Waals surface area contributed by atoms with Crippen molar-refractivity contribution in [3.8, 4) is 23.0 Å². The SMILES string of the molecule is C/C=C/c1ccc(OCC(=O)OCc2ccccc2Oc2ccccc2)c(OC)c1. The average molecular weight is 404 g/mol. The van der Waals surface area contributed by atoms with Crippen molar-refractivity contribution in [1.82, 2.24) is 0 Å². The third-order valence-corrected chi connectivity index (χ3v) is 4.22. The molecule has 5 heteroatoms. The zero-order chi connectivity index (χ0) is 21.2. The Balaban J connectivity index is 1.57. The number of carbonyl (C=O) groups excluding carboxylic acids is 1. The number of methoxy groups -OCH3 is 1. The van der Waals surface area contributed by atoms with Gasteiger partial charge in [-0.1, -0.05) is 54.6 Å². The minimum atomic E-state index is -0.482. The molecule has 3 aromatic rings. The van der Waals surface area contributed by atoms with E-state index in [4.69, 9.17) is 18.9 Å². The van der Waals surface area contributed by atoms with Crippen LogP contribution in [0, 0.1) is 0 Å². The Bertz CT molecular complexity index is 995. The van der Waals surface area contributed by atoms with Crippen molar-refractivity contribution in [3.05, 3.63) is 90.0 Å². The van der Waals surface area contributed by atoms with Gasteiger partial charge in [0.05, 0.1) is 7.11 Å². The molecule has 0 fully saturated rings. The molecule has 0 aliphatic carbocycles. The predicted octanol–water partition coefficient (Wildman–Crippen LogP) is 5.64. The minimum Gasteiger partial charge on any atom is -0.493 e. The summed E-state index contributed by atoms with van der Waals surface area (Å²) in [4.78, 5) is 12.2. The van der Waals surface area contributed by atoms with Crippen LogP contribution >= 0.6 is 0 Å². The van der Waals surface area contributed by atoms with Crippen LogP contribution in [0.2, 0.25) is 0 Å². The number of para-hydroxylation sites is 2. The number of ether oxygens (including phenoxy) is 4. The highest BCUT2D eigenvalue weighted by Gasteiger charge is 2.11. The van der Waals surface area contributed by atoms with Gasteiger partial charge in [0.2, 0.25) is 0 Å². The summed E-state index contributed by atoms with van der Waals surface area (Å²) in [7, 11) is 1.56. The van der Waals surface area contributed by atoms with Crippen LogP contribution in [0.25, 0.3) is 6.08 Å². The topological polar surface area (TPSA) is 54.0 Å². The van der Waals surface area contributed by atoms with Gasteiger partial charge in [-0.3, -0.25) is 0 Å². The molecule has 0 aliphatic rings. The minimum absolute atomic E-state index is 0.0859. The van der Waals surface area contributed by atoms with Gasteiger partial charge in [-0.2, -0.15) is 0 Å². The van der Waals surface area contributed by atoms with Crippen LogP contribution in [0.15, 0.2) is 78.9 Å². The molecule has 0 saturated carbocycles. The fraction of sp³-hybridized carbons (Fsp3) is 0.160. The average Bonchev–Trinajstić information content (AvgIpc) is 2.78. The molecule has 5 nitrogen and oxygen atoms in total. The molecule has 0 bridgehead atoms. The second-order valence-electron chi connectivity index (χ2n) is 6.38. The highest BCUT2D eigenvalue weighted by molar-refractivity contribution is 5.71. The number of hydrogen-bond acceptors (Lipinski definition) is 5. The summed E-state index contributed by atoms with van der Waals surface area (Å²) < 4.78 is 22.2. The molecule has 3 rings (SSSR count). The van der Waals surface area contributed by atoms with E-state index in [2.05, 4.69) is 0 Å². The highest BCUT2D eigenvalue weighted by Crippen LogP contribution is 2.29. The second kappa shape index (κ2) is 10.7. The number of esters is 1. The molecule has 0 heterocycles. The molecule has 0 spiro atoms. The first-order valence-electron chi connectivity index (χ1n) is 9.59. The first-order chi connectivity index (χ1) is 14.7. The van der Waals surface area contributed by atoms with Crippen LogP contribution in [0.3, 0.4) is 0 Å². The van der Waals surface area contributed by atoms with E-state index in [1.165, 1.54) is 0 Å². The molecule has 154 valence electrons. The van der Waals surface area contributed by atoms with E-state index >= 15 is 0 Å². The maximum Gasteiger partial charge on any atom is 0.344 e. The molecule has 0 saturated heterocycles. The number of benzene rings is 3. The highest BCUT2D eigenvalue weighted by atomic mass is 16.6. The maximum atomic E-state index is 12.2. The smallest absolute Gasteiger partial charge is 0.344 e. The van der Waals surface area contributed by atoms with Gasteiger partial charge in [0, 0.05) is 5.56 Å². The fourth-order valence-corrected chi connectivity index (χ4v) is 2.77. The molecule has 3 aromatic carbocycles. The van der Waals surface area contributed by atoms with Crippen molar-refractivity contribution in [3.63, 3.8) is 0 Å². The molecule has 0 aromatic heterocycles. The van der Waals surface area contributed by atoms with Crippen LogP contribution in [0.5, 0.6) is 23.0 Å². The molecule has 0 amide bonds. The first-order valence-corrected chi connectivity index (χ1v) is 9.59. The number of rotatable bonds is 9. The molecular formula is C25H24O5. The lowest BCUT2D eigenvalue weighted by molar-refractivity contribution is -0.147. The van der Waals surface area contributed by atoms with Gasteiger partial charge in [0.25, 0.3) is 0 Å².